The van der Waals surface area contributed by atoms with Gasteiger partial charge in [-0.25, -0.2) is 18.0 Å². The van der Waals surface area contributed by atoms with E-state index in [9.17, 15) is 23.1 Å². The molecule has 156 valence electrons. The molecule has 2 aromatic rings. The number of aromatic carboxylic acids is 1. The van der Waals surface area contributed by atoms with Gasteiger partial charge >= 0.3 is 12.1 Å². The van der Waals surface area contributed by atoms with Crippen LogP contribution in [0.15, 0.2) is 47.4 Å². The third-order valence-electron chi connectivity index (χ3n) is 3.90. The number of alkyl carbamates (subject to hydrolysis) is 1. The molecule has 2 N–H and O–H groups in total. The number of hydrogen-bond acceptors (Lipinski definition) is 6. The van der Waals surface area contributed by atoms with Crippen LogP contribution in [0.2, 0.25) is 5.02 Å². The van der Waals surface area contributed by atoms with Crippen molar-refractivity contribution in [1.82, 2.24) is 5.32 Å². The summed E-state index contributed by atoms with van der Waals surface area (Å²) in [5.74, 6) is -1.27. The van der Waals surface area contributed by atoms with Crippen molar-refractivity contribution in [3.05, 3.63) is 64.2 Å². The molecular formula is C19H20ClNO7S. The number of amides is 1. The fourth-order valence-corrected chi connectivity index (χ4v) is 3.46. The van der Waals surface area contributed by atoms with Gasteiger partial charge < -0.3 is 19.9 Å². The molecule has 0 radical (unpaired) electrons. The third-order valence-corrected chi connectivity index (χ3v) is 5.23. The standard InChI is InChI=1S/C19H20ClNO7S/c1-27-19(24)21-6-7-28-17(12-4-3-5-15(20)9-12)13-8-14(18(22)23)11-16(10-13)29(2,25)26/h3-5,8-11,17H,6-7H2,1-2H3,(H,21,24)(H,22,23). The minimum absolute atomic E-state index is 0.0534. The van der Waals surface area contributed by atoms with Gasteiger partial charge in [0.05, 0.1) is 24.2 Å². The molecule has 0 aromatic heterocycles. The molecule has 0 bridgehead atoms. The summed E-state index contributed by atoms with van der Waals surface area (Å²) in [5, 5.41) is 12.3. The number of hydrogen-bond donors (Lipinski definition) is 2. The number of ether oxygens (including phenoxy) is 2. The molecule has 1 amide bonds. The van der Waals surface area contributed by atoms with Crippen molar-refractivity contribution in [2.75, 3.05) is 26.5 Å². The lowest BCUT2D eigenvalue weighted by Crippen LogP contribution is -2.27. The molecule has 1 atom stereocenters. The number of carbonyl (C=O) groups is 2. The van der Waals surface area contributed by atoms with Crippen molar-refractivity contribution < 1.29 is 32.6 Å². The van der Waals surface area contributed by atoms with Crippen LogP contribution in [0.25, 0.3) is 0 Å². The van der Waals surface area contributed by atoms with Gasteiger partial charge in [0.15, 0.2) is 9.84 Å². The molecule has 0 aliphatic rings. The number of methoxy groups -OCH3 is 1. The second-order valence-corrected chi connectivity index (χ2v) is 8.54. The minimum atomic E-state index is -3.66. The Morgan fingerprint density at radius 3 is 2.48 bits per heavy atom. The molecule has 2 aromatic carbocycles. The molecule has 8 nitrogen and oxygen atoms in total. The van der Waals surface area contributed by atoms with Gasteiger partial charge in [0.25, 0.3) is 0 Å². The molecule has 2 rings (SSSR count). The van der Waals surface area contributed by atoms with E-state index in [0.29, 0.717) is 16.1 Å². The summed E-state index contributed by atoms with van der Waals surface area (Å²) in [6.07, 6.45) is -0.444. The summed E-state index contributed by atoms with van der Waals surface area (Å²) in [6, 6.07) is 10.5. The largest absolute Gasteiger partial charge is 0.478 e. The van der Waals surface area contributed by atoms with E-state index < -0.39 is 28.0 Å². The normalized spacial score (nSPS) is 12.2. The maximum Gasteiger partial charge on any atom is 0.406 e. The highest BCUT2D eigenvalue weighted by atomic mass is 35.5. The van der Waals surface area contributed by atoms with E-state index in [0.717, 1.165) is 12.3 Å². The zero-order valence-electron chi connectivity index (χ0n) is 15.7. The Bertz CT molecular complexity index is 1010. The summed E-state index contributed by atoms with van der Waals surface area (Å²) in [7, 11) is -2.43. The SMILES string of the molecule is COC(=O)NCCOC(c1cccc(Cl)c1)c1cc(C(=O)O)cc(S(C)(=O)=O)c1. The van der Waals surface area contributed by atoms with Crippen LogP contribution in [-0.2, 0) is 19.3 Å². The van der Waals surface area contributed by atoms with Crippen molar-refractivity contribution in [2.45, 2.75) is 11.0 Å². The highest BCUT2D eigenvalue weighted by Gasteiger charge is 2.21. The average Bonchev–Trinajstić information content (AvgIpc) is 2.66. The van der Waals surface area contributed by atoms with Crippen LogP contribution in [0, 0.1) is 0 Å². The molecule has 1 unspecified atom stereocenters. The van der Waals surface area contributed by atoms with Crippen LogP contribution in [-0.4, -0.2) is 52.1 Å². The molecule has 0 saturated heterocycles. The van der Waals surface area contributed by atoms with Gasteiger partial charge in [-0.2, -0.15) is 0 Å². The van der Waals surface area contributed by atoms with Gasteiger partial charge in [0.2, 0.25) is 0 Å². The summed E-state index contributed by atoms with van der Waals surface area (Å²) in [4.78, 5) is 22.5. The van der Waals surface area contributed by atoms with Crippen LogP contribution >= 0.6 is 11.6 Å². The monoisotopic (exact) mass is 441 g/mol. The van der Waals surface area contributed by atoms with Crippen LogP contribution in [0.4, 0.5) is 4.79 Å². The molecule has 29 heavy (non-hydrogen) atoms. The second-order valence-electron chi connectivity index (χ2n) is 6.09. The third kappa shape index (κ3) is 6.45. The minimum Gasteiger partial charge on any atom is -0.478 e. The van der Waals surface area contributed by atoms with Crippen molar-refractivity contribution in [3.63, 3.8) is 0 Å². The predicted octanol–water partition coefficient (Wildman–Crippen LogP) is 2.90. The van der Waals surface area contributed by atoms with E-state index in [4.69, 9.17) is 16.3 Å². The maximum absolute atomic E-state index is 12.0. The number of carboxylic acid groups (broad SMARTS) is 1. The number of sulfone groups is 1. The van der Waals surface area contributed by atoms with Crippen molar-refractivity contribution >= 4 is 33.5 Å². The molecular weight excluding hydrogens is 422 g/mol. The zero-order valence-corrected chi connectivity index (χ0v) is 17.3. The van der Waals surface area contributed by atoms with Gasteiger partial charge in [-0.1, -0.05) is 23.7 Å². The van der Waals surface area contributed by atoms with Crippen molar-refractivity contribution in [1.29, 1.82) is 0 Å². The Hall–Kier alpha value is -2.62. The van der Waals surface area contributed by atoms with Gasteiger partial charge in [-0.3, -0.25) is 0 Å². The molecule has 0 heterocycles. The summed E-state index contributed by atoms with van der Waals surface area (Å²) in [5.41, 5.74) is 0.731. The Morgan fingerprint density at radius 1 is 1.17 bits per heavy atom. The van der Waals surface area contributed by atoms with Crippen molar-refractivity contribution in [2.24, 2.45) is 0 Å². The number of halogens is 1. The highest BCUT2D eigenvalue weighted by Crippen LogP contribution is 2.30. The fraction of sp³-hybridized carbons (Fsp3) is 0.263. The number of carboxylic acids is 1. The molecule has 0 fully saturated rings. The Kier molecular flexibility index (Phi) is 7.60. The summed E-state index contributed by atoms with van der Waals surface area (Å²) < 4.78 is 34.4. The Labute approximate surface area is 173 Å². The van der Waals surface area contributed by atoms with Crippen LogP contribution in [0.3, 0.4) is 0 Å². The Balaban J connectivity index is 2.45. The van der Waals surface area contributed by atoms with Gasteiger partial charge in [-0.15, -0.1) is 0 Å². The van der Waals surface area contributed by atoms with Gasteiger partial charge in [0, 0.05) is 17.8 Å². The molecule has 0 spiro atoms. The van der Waals surface area contributed by atoms with Crippen LogP contribution in [0.1, 0.15) is 27.6 Å². The maximum atomic E-state index is 12.0. The van der Waals surface area contributed by atoms with Gasteiger partial charge in [0.1, 0.15) is 6.10 Å². The van der Waals surface area contributed by atoms with E-state index in [1.165, 1.54) is 19.2 Å². The fourth-order valence-electron chi connectivity index (χ4n) is 2.57. The predicted molar refractivity (Wildman–Crippen MR) is 106 cm³/mol. The second kappa shape index (κ2) is 9.73. The average molecular weight is 442 g/mol. The van der Waals surface area contributed by atoms with E-state index in [1.54, 1.807) is 24.3 Å². The van der Waals surface area contributed by atoms with E-state index >= 15 is 0 Å². The number of nitrogens with one attached hydrogen (secondary N) is 1. The Morgan fingerprint density at radius 2 is 1.90 bits per heavy atom. The first-order valence-electron chi connectivity index (χ1n) is 8.39. The molecule has 0 saturated carbocycles. The van der Waals surface area contributed by atoms with Crippen LogP contribution < -0.4 is 5.32 Å². The number of benzene rings is 2. The number of carbonyl (C=O) groups excluding carboxylic acids is 1. The highest BCUT2D eigenvalue weighted by molar-refractivity contribution is 7.90. The first kappa shape index (κ1) is 22.7. The lowest BCUT2D eigenvalue weighted by atomic mass is 9.99. The van der Waals surface area contributed by atoms with E-state index in [2.05, 4.69) is 10.1 Å². The smallest absolute Gasteiger partial charge is 0.406 e. The molecule has 0 aliphatic heterocycles. The molecule has 0 aliphatic carbocycles. The van der Waals surface area contributed by atoms with Crippen molar-refractivity contribution in [3.8, 4) is 0 Å². The zero-order chi connectivity index (χ0) is 21.6. The summed E-state index contributed by atoms with van der Waals surface area (Å²) in [6.45, 7) is 0.180. The first-order valence-corrected chi connectivity index (χ1v) is 10.7. The van der Waals surface area contributed by atoms with Gasteiger partial charge in [-0.05, 0) is 41.5 Å². The lowest BCUT2D eigenvalue weighted by Gasteiger charge is -2.20. The number of rotatable bonds is 8. The topological polar surface area (TPSA) is 119 Å². The lowest BCUT2D eigenvalue weighted by molar-refractivity contribution is 0.0693. The first-order chi connectivity index (χ1) is 13.6. The van der Waals surface area contributed by atoms with Crippen LogP contribution in [0.5, 0.6) is 0 Å². The van der Waals surface area contributed by atoms with E-state index in [1.807, 2.05) is 0 Å². The van der Waals surface area contributed by atoms with E-state index in [-0.39, 0.29) is 23.6 Å². The quantitative estimate of drug-likeness (QED) is 0.604. The summed E-state index contributed by atoms with van der Waals surface area (Å²) >= 11 is 6.06. The molecule has 10 heteroatoms.